The Morgan fingerprint density at radius 3 is 2.43 bits per heavy atom. The predicted octanol–water partition coefficient (Wildman–Crippen LogP) is 4.47. The van der Waals surface area contributed by atoms with Crippen molar-refractivity contribution in [1.82, 2.24) is 0 Å². The summed E-state index contributed by atoms with van der Waals surface area (Å²) < 4.78 is 0. The third kappa shape index (κ3) is 3.56. The Morgan fingerprint density at radius 1 is 1.14 bits per heavy atom. The highest BCUT2D eigenvalue weighted by atomic mass is 35.5. The molecule has 1 amide bonds. The van der Waals surface area contributed by atoms with E-state index in [1.54, 1.807) is 18.2 Å². The van der Waals surface area contributed by atoms with E-state index in [1.807, 2.05) is 24.3 Å². The average molecular weight is 303 g/mol. The first-order chi connectivity index (χ1) is 9.79. The molecule has 3 N–H and O–H groups in total. The molecule has 0 aromatic heterocycles. The van der Waals surface area contributed by atoms with Crippen LogP contribution in [0.4, 0.5) is 11.4 Å². The van der Waals surface area contributed by atoms with Crippen LogP contribution in [0.25, 0.3) is 0 Å². The van der Waals surface area contributed by atoms with Gasteiger partial charge in [-0.1, -0.05) is 50.6 Å². The van der Waals surface area contributed by atoms with Crippen LogP contribution in [0.2, 0.25) is 5.02 Å². The Morgan fingerprint density at radius 2 is 1.81 bits per heavy atom. The summed E-state index contributed by atoms with van der Waals surface area (Å²) in [6.07, 6.45) is 0. The molecule has 3 nitrogen and oxygen atoms in total. The number of nitrogens with two attached hydrogens (primary N) is 1. The standard InChI is InChI=1S/C17H19ClN2O/c1-17(2,3)12-6-4-5-7-15(12)20-16(21)11-8-9-14(19)13(18)10-11/h4-10H,19H2,1-3H3,(H,20,21). The average Bonchev–Trinajstić information content (AvgIpc) is 2.41. The molecule has 2 aromatic carbocycles. The van der Waals surface area contributed by atoms with Crippen molar-refractivity contribution in [2.24, 2.45) is 0 Å². The van der Waals surface area contributed by atoms with Crippen LogP contribution >= 0.6 is 11.6 Å². The normalized spacial score (nSPS) is 11.2. The lowest BCUT2D eigenvalue weighted by molar-refractivity contribution is 0.102. The van der Waals surface area contributed by atoms with Crippen molar-refractivity contribution < 1.29 is 4.79 Å². The van der Waals surface area contributed by atoms with E-state index in [2.05, 4.69) is 26.1 Å². The minimum atomic E-state index is -0.200. The van der Waals surface area contributed by atoms with Crippen LogP contribution in [-0.4, -0.2) is 5.91 Å². The molecule has 0 heterocycles. The summed E-state index contributed by atoms with van der Waals surface area (Å²) >= 11 is 5.96. The molecule has 0 spiro atoms. The molecular formula is C17H19ClN2O. The number of para-hydroxylation sites is 1. The maximum absolute atomic E-state index is 12.3. The van der Waals surface area contributed by atoms with Gasteiger partial charge in [0, 0.05) is 11.3 Å². The molecule has 0 fully saturated rings. The molecule has 0 unspecified atom stereocenters. The number of amides is 1. The topological polar surface area (TPSA) is 55.1 Å². The van der Waals surface area contributed by atoms with Gasteiger partial charge in [-0.15, -0.1) is 0 Å². The number of halogens is 1. The lowest BCUT2D eigenvalue weighted by Crippen LogP contribution is -2.18. The zero-order valence-corrected chi connectivity index (χ0v) is 13.2. The second kappa shape index (κ2) is 5.78. The van der Waals surface area contributed by atoms with Crippen LogP contribution in [0, 0.1) is 0 Å². The highest BCUT2D eigenvalue weighted by molar-refractivity contribution is 6.33. The van der Waals surface area contributed by atoms with Gasteiger partial charge in [-0.25, -0.2) is 0 Å². The number of nitrogen functional groups attached to an aromatic ring is 1. The van der Waals surface area contributed by atoms with E-state index in [4.69, 9.17) is 17.3 Å². The van der Waals surface area contributed by atoms with Crippen LogP contribution in [0.5, 0.6) is 0 Å². The SMILES string of the molecule is CC(C)(C)c1ccccc1NC(=O)c1ccc(N)c(Cl)c1. The van der Waals surface area contributed by atoms with Crippen molar-refractivity contribution >= 4 is 28.9 Å². The summed E-state index contributed by atoms with van der Waals surface area (Å²) in [4.78, 5) is 12.3. The van der Waals surface area contributed by atoms with Crippen LogP contribution in [-0.2, 0) is 5.41 Å². The molecule has 4 heteroatoms. The fourth-order valence-electron chi connectivity index (χ4n) is 2.11. The minimum Gasteiger partial charge on any atom is -0.398 e. The molecule has 0 radical (unpaired) electrons. The van der Waals surface area contributed by atoms with Gasteiger partial charge >= 0.3 is 0 Å². The van der Waals surface area contributed by atoms with E-state index < -0.39 is 0 Å². The smallest absolute Gasteiger partial charge is 0.255 e. The Balaban J connectivity index is 2.30. The summed E-state index contributed by atoms with van der Waals surface area (Å²) in [7, 11) is 0. The fraction of sp³-hybridized carbons (Fsp3) is 0.235. The van der Waals surface area contributed by atoms with E-state index in [9.17, 15) is 4.79 Å². The maximum Gasteiger partial charge on any atom is 0.255 e. The van der Waals surface area contributed by atoms with Gasteiger partial charge in [0.05, 0.1) is 10.7 Å². The molecule has 0 bridgehead atoms. The largest absolute Gasteiger partial charge is 0.398 e. The van der Waals surface area contributed by atoms with Gasteiger partial charge in [0.1, 0.15) is 0 Å². The van der Waals surface area contributed by atoms with Crippen LogP contribution in [0.3, 0.4) is 0 Å². The molecule has 110 valence electrons. The first-order valence-corrected chi connectivity index (χ1v) is 7.13. The van der Waals surface area contributed by atoms with Crippen LogP contribution < -0.4 is 11.1 Å². The lowest BCUT2D eigenvalue weighted by atomic mass is 9.86. The Bertz CT molecular complexity index is 675. The molecular weight excluding hydrogens is 284 g/mol. The van der Waals surface area contributed by atoms with Crippen molar-refractivity contribution in [3.05, 3.63) is 58.6 Å². The van der Waals surface area contributed by atoms with Gasteiger partial charge in [0.15, 0.2) is 0 Å². The van der Waals surface area contributed by atoms with E-state index in [0.717, 1.165) is 11.3 Å². The zero-order chi connectivity index (χ0) is 15.6. The van der Waals surface area contributed by atoms with Gasteiger partial charge in [0.25, 0.3) is 5.91 Å². The van der Waals surface area contributed by atoms with Crippen molar-refractivity contribution in [1.29, 1.82) is 0 Å². The van der Waals surface area contributed by atoms with E-state index in [-0.39, 0.29) is 11.3 Å². The number of rotatable bonds is 2. The molecule has 2 aromatic rings. The lowest BCUT2D eigenvalue weighted by Gasteiger charge is -2.23. The predicted molar refractivity (Wildman–Crippen MR) is 89.0 cm³/mol. The van der Waals surface area contributed by atoms with Crippen molar-refractivity contribution in [3.63, 3.8) is 0 Å². The summed E-state index contributed by atoms with van der Waals surface area (Å²) in [5, 5.41) is 3.32. The van der Waals surface area contributed by atoms with Crippen LogP contribution in [0.1, 0.15) is 36.7 Å². The molecule has 0 aliphatic carbocycles. The molecule has 0 aliphatic heterocycles. The Kier molecular flexibility index (Phi) is 4.24. The number of hydrogen-bond acceptors (Lipinski definition) is 2. The van der Waals surface area contributed by atoms with Gasteiger partial charge < -0.3 is 11.1 Å². The molecule has 0 saturated carbocycles. The quantitative estimate of drug-likeness (QED) is 0.804. The van der Waals surface area contributed by atoms with Crippen molar-refractivity contribution in [2.75, 3.05) is 11.1 Å². The Labute approximate surface area is 130 Å². The number of carbonyl (C=O) groups is 1. The first-order valence-electron chi connectivity index (χ1n) is 6.75. The summed E-state index contributed by atoms with van der Waals surface area (Å²) in [5.41, 5.74) is 8.44. The summed E-state index contributed by atoms with van der Waals surface area (Å²) in [6.45, 7) is 6.33. The number of hydrogen-bond donors (Lipinski definition) is 2. The monoisotopic (exact) mass is 302 g/mol. The third-order valence-electron chi connectivity index (χ3n) is 3.25. The maximum atomic E-state index is 12.3. The fourth-order valence-corrected chi connectivity index (χ4v) is 2.29. The van der Waals surface area contributed by atoms with Crippen molar-refractivity contribution in [2.45, 2.75) is 26.2 Å². The molecule has 21 heavy (non-hydrogen) atoms. The minimum absolute atomic E-state index is 0.0529. The van der Waals surface area contributed by atoms with E-state index in [1.165, 1.54) is 0 Å². The number of nitrogens with one attached hydrogen (secondary N) is 1. The van der Waals surface area contributed by atoms with Crippen LogP contribution in [0.15, 0.2) is 42.5 Å². The van der Waals surface area contributed by atoms with Gasteiger partial charge in [-0.05, 0) is 35.2 Å². The number of benzene rings is 2. The number of carbonyl (C=O) groups excluding carboxylic acids is 1. The molecule has 0 aliphatic rings. The second-order valence-corrected chi connectivity index (χ2v) is 6.39. The summed E-state index contributed by atoms with van der Waals surface area (Å²) in [5.74, 6) is -0.200. The van der Waals surface area contributed by atoms with Gasteiger partial charge in [-0.3, -0.25) is 4.79 Å². The molecule has 0 atom stereocenters. The van der Waals surface area contributed by atoms with E-state index >= 15 is 0 Å². The first kappa shape index (κ1) is 15.4. The van der Waals surface area contributed by atoms with Gasteiger partial charge in [-0.2, -0.15) is 0 Å². The van der Waals surface area contributed by atoms with Crippen molar-refractivity contribution in [3.8, 4) is 0 Å². The molecule has 0 saturated heterocycles. The number of anilines is 2. The summed E-state index contributed by atoms with van der Waals surface area (Å²) in [6, 6.07) is 12.7. The van der Waals surface area contributed by atoms with E-state index in [0.29, 0.717) is 16.3 Å². The highest BCUT2D eigenvalue weighted by Gasteiger charge is 2.19. The highest BCUT2D eigenvalue weighted by Crippen LogP contribution is 2.29. The Hall–Kier alpha value is -2.00. The third-order valence-corrected chi connectivity index (χ3v) is 3.57. The van der Waals surface area contributed by atoms with Gasteiger partial charge in [0.2, 0.25) is 0 Å². The molecule has 2 rings (SSSR count). The zero-order valence-electron chi connectivity index (χ0n) is 12.4. The second-order valence-electron chi connectivity index (χ2n) is 5.99.